The van der Waals surface area contributed by atoms with E-state index in [1.54, 1.807) is 0 Å². The summed E-state index contributed by atoms with van der Waals surface area (Å²) in [5.74, 6) is 1.12. The summed E-state index contributed by atoms with van der Waals surface area (Å²) >= 11 is 0. The third-order valence-electron chi connectivity index (χ3n) is 3.21. The highest BCUT2D eigenvalue weighted by Gasteiger charge is 2.34. The lowest BCUT2D eigenvalue weighted by Gasteiger charge is -2.38. The predicted octanol–water partition coefficient (Wildman–Crippen LogP) is 1.73. The zero-order valence-electron chi connectivity index (χ0n) is 6.85. The van der Waals surface area contributed by atoms with Crippen LogP contribution in [0.2, 0.25) is 0 Å². The normalized spacial score (nSPS) is 40.1. The predicted molar refractivity (Wildman–Crippen MR) is 43.2 cm³/mol. The fourth-order valence-electron chi connectivity index (χ4n) is 2.24. The van der Waals surface area contributed by atoms with E-state index in [1.165, 1.54) is 19.3 Å². The van der Waals surface area contributed by atoms with Gasteiger partial charge >= 0.3 is 0 Å². The van der Waals surface area contributed by atoms with Crippen LogP contribution in [0.15, 0.2) is 0 Å². The van der Waals surface area contributed by atoms with Crippen LogP contribution in [0.1, 0.15) is 25.7 Å². The highest BCUT2D eigenvalue weighted by atomic mass is 19.1. The van der Waals surface area contributed by atoms with Crippen LogP contribution in [0.5, 0.6) is 0 Å². The van der Waals surface area contributed by atoms with Gasteiger partial charge in [-0.15, -0.1) is 0 Å². The first kappa shape index (κ1) is 7.53. The molecule has 1 aliphatic carbocycles. The number of piperidine rings is 1. The maximum absolute atomic E-state index is 13.3. The van der Waals surface area contributed by atoms with Crippen LogP contribution in [-0.2, 0) is 0 Å². The molecule has 0 aromatic rings. The summed E-state index contributed by atoms with van der Waals surface area (Å²) in [6.45, 7) is 1.63. The van der Waals surface area contributed by atoms with Gasteiger partial charge < -0.3 is 5.32 Å². The van der Waals surface area contributed by atoms with E-state index in [1.807, 2.05) is 0 Å². The lowest BCUT2D eigenvalue weighted by Crippen LogP contribution is -2.42. The van der Waals surface area contributed by atoms with Crippen molar-refractivity contribution in [2.75, 3.05) is 13.1 Å². The van der Waals surface area contributed by atoms with E-state index in [-0.39, 0.29) is 0 Å². The Bertz CT molecular complexity index is 132. The first-order chi connectivity index (χ1) is 5.38. The van der Waals surface area contributed by atoms with Gasteiger partial charge in [-0.25, -0.2) is 4.39 Å². The number of hydrogen-bond donors (Lipinski definition) is 1. The van der Waals surface area contributed by atoms with Crippen molar-refractivity contribution in [2.45, 2.75) is 31.9 Å². The summed E-state index contributed by atoms with van der Waals surface area (Å²) in [6.07, 6.45) is 4.40. The highest BCUT2D eigenvalue weighted by molar-refractivity contribution is 4.86. The summed E-state index contributed by atoms with van der Waals surface area (Å²) < 4.78 is 13.3. The van der Waals surface area contributed by atoms with Crippen LogP contribution in [0.4, 0.5) is 4.39 Å². The largest absolute Gasteiger partial charge is 0.314 e. The maximum atomic E-state index is 13.3. The van der Waals surface area contributed by atoms with Gasteiger partial charge in [-0.2, -0.15) is 0 Å². The molecule has 11 heavy (non-hydrogen) atoms. The van der Waals surface area contributed by atoms with E-state index in [0.717, 1.165) is 18.9 Å². The molecule has 2 heteroatoms. The lowest BCUT2D eigenvalue weighted by atomic mass is 9.72. The van der Waals surface area contributed by atoms with Crippen molar-refractivity contribution in [3.05, 3.63) is 0 Å². The highest BCUT2D eigenvalue weighted by Crippen LogP contribution is 2.38. The van der Waals surface area contributed by atoms with Crippen molar-refractivity contribution in [2.24, 2.45) is 11.8 Å². The number of rotatable bonds is 1. The van der Waals surface area contributed by atoms with Crippen LogP contribution < -0.4 is 5.32 Å². The second-order valence-corrected chi connectivity index (χ2v) is 3.86. The summed E-state index contributed by atoms with van der Waals surface area (Å²) in [5, 5.41) is 3.09. The molecule has 1 heterocycles. The number of nitrogens with one attached hydrogen (secondary N) is 1. The SMILES string of the molecule is FC1CNCCC1C1CCC1. The third kappa shape index (κ3) is 1.41. The Balaban J connectivity index is 1.88. The smallest absolute Gasteiger partial charge is 0.116 e. The van der Waals surface area contributed by atoms with Gasteiger partial charge in [0.1, 0.15) is 6.17 Å². The van der Waals surface area contributed by atoms with Crippen molar-refractivity contribution in [1.82, 2.24) is 5.32 Å². The molecule has 1 N–H and O–H groups in total. The molecule has 0 aromatic heterocycles. The molecule has 1 aliphatic heterocycles. The Labute approximate surface area is 67.4 Å². The first-order valence-corrected chi connectivity index (χ1v) is 4.72. The summed E-state index contributed by atoms with van der Waals surface area (Å²) in [5.41, 5.74) is 0. The Kier molecular flexibility index (Phi) is 2.12. The van der Waals surface area contributed by atoms with Crippen LogP contribution in [-0.4, -0.2) is 19.3 Å². The van der Waals surface area contributed by atoms with E-state index in [9.17, 15) is 4.39 Å². The van der Waals surface area contributed by atoms with E-state index in [4.69, 9.17) is 0 Å². The average molecular weight is 157 g/mol. The van der Waals surface area contributed by atoms with Gasteiger partial charge in [0.2, 0.25) is 0 Å². The Morgan fingerprint density at radius 2 is 2.00 bits per heavy atom. The summed E-state index contributed by atoms with van der Waals surface area (Å²) in [4.78, 5) is 0. The molecule has 0 amide bonds. The van der Waals surface area contributed by atoms with Crippen molar-refractivity contribution in [1.29, 1.82) is 0 Å². The maximum Gasteiger partial charge on any atom is 0.116 e. The standard InChI is InChI=1S/C9H16FN/c10-9-6-11-5-4-8(9)7-2-1-3-7/h7-9,11H,1-6H2. The molecule has 2 unspecified atom stereocenters. The van der Waals surface area contributed by atoms with Crippen LogP contribution in [0.25, 0.3) is 0 Å². The topological polar surface area (TPSA) is 12.0 Å². The molecule has 2 rings (SSSR count). The van der Waals surface area contributed by atoms with E-state index in [0.29, 0.717) is 12.5 Å². The number of halogens is 1. The van der Waals surface area contributed by atoms with Crippen molar-refractivity contribution in [3.8, 4) is 0 Å². The summed E-state index contributed by atoms with van der Waals surface area (Å²) in [6, 6.07) is 0. The minimum atomic E-state index is -0.561. The third-order valence-corrected chi connectivity index (χ3v) is 3.21. The second kappa shape index (κ2) is 3.10. The lowest BCUT2D eigenvalue weighted by molar-refractivity contribution is 0.0816. The van der Waals surface area contributed by atoms with Gasteiger partial charge in [0, 0.05) is 6.54 Å². The fourth-order valence-corrected chi connectivity index (χ4v) is 2.24. The Morgan fingerprint density at radius 3 is 2.55 bits per heavy atom. The fraction of sp³-hybridized carbons (Fsp3) is 1.00. The zero-order valence-corrected chi connectivity index (χ0v) is 6.85. The van der Waals surface area contributed by atoms with Crippen molar-refractivity contribution >= 4 is 0 Å². The molecule has 0 radical (unpaired) electrons. The van der Waals surface area contributed by atoms with Gasteiger partial charge in [0.05, 0.1) is 0 Å². The molecule has 2 atom stereocenters. The zero-order chi connectivity index (χ0) is 7.68. The molecule has 64 valence electrons. The minimum Gasteiger partial charge on any atom is -0.314 e. The Hall–Kier alpha value is -0.110. The summed E-state index contributed by atoms with van der Waals surface area (Å²) in [7, 11) is 0. The molecule has 2 fully saturated rings. The molecule has 2 aliphatic rings. The van der Waals surface area contributed by atoms with Gasteiger partial charge in [0.15, 0.2) is 0 Å². The van der Waals surface area contributed by atoms with Gasteiger partial charge in [0.25, 0.3) is 0 Å². The minimum absolute atomic E-state index is 0.394. The number of alkyl halides is 1. The van der Waals surface area contributed by atoms with E-state index < -0.39 is 6.17 Å². The quantitative estimate of drug-likeness (QED) is 0.611. The van der Waals surface area contributed by atoms with Crippen LogP contribution >= 0.6 is 0 Å². The molecule has 0 spiro atoms. The van der Waals surface area contributed by atoms with E-state index in [2.05, 4.69) is 5.32 Å². The van der Waals surface area contributed by atoms with Gasteiger partial charge in [-0.3, -0.25) is 0 Å². The molecule has 1 saturated heterocycles. The molecule has 1 saturated carbocycles. The Morgan fingerprint density at radius 1 is 1.18 bits per heavy atom. The molecule has 0 aromatic carbocycles. The van der Waals surface area contributed by atoms with Crippen molar-refractivity contribution in [3.63, 3.8) is 0 Å². The van der Waals surface area contributed by atoms with Crippen LogP contribution in [0.3, 0.4) is 0 Å². The average Bonchev–Trinajstić information content (AvgIpc) is 1.90. The van der Waals surface area contributed by atoms with Gasteiger partial charge in [-0.1, -0.05) is 19.3 Å². The molecular weight excluding hydrogens is 141 g/mol. The molecular formula is C9H16FN. The first-order valence-electron chi connectivity index (χ1n) is 4.72. The monoisotopic (exact) mass is 157 g/mol. The number of hydrogen-bond acceptors (Lipinski definition) is 1. The molecule has 1 nitrogen and oxygen atoms in total. The van der Waals surface area contributed by atoms with E-state index >= 15 is 0 Å². The van der Waals surface area contributed by atoms with Crippen molar-refractivity contribution < 1.29 is 4.39 Å². The van der Waals surface area contributed by atoms with Crippen LogP contribution in [0, 0.1) is 11.8 Å². The second-order valence-electron chi connectivity index (χ2n) is 3.86. The molecule has 0 bridgehead atoms. The van der Waals surface area contributed by atoms with Gasteiger partial charge in [-0.05, 0) is 24.8 Å².